The summed E-state index contributed by atoms with van der Waals surface area (Å²) in [7, 11) is 0. The first-order valence-corrected chi connectivity index (χ1v) is 7.60. The van der Waals surface area contributed by atoms with Crippen LogP contribution in [0, 0.1) is 5.92 Å². The van der Waals surface area contributed by atoms with Crippen molar-refractivity contribution >= 4 is 22.5 Å². The Balaban J connectivity index is 1.85. The zero-order valence-electron chi connectivity index (χ0n) is 12.9. The van der Waals surface area contributed by atoms with Gasteiger partial charge in [-0.1, -0.05) is 44.2 Å². The van der Waals surface area contributed by atoms with Gasteiger partial charge in [-0.05, 0) is 30.2 Å². The summed E-state index contributed by atoms with van der Waals surface area (Å²) in [5, 5.41) is 4.15. The van der Waals surface area contributed by atoms with Gasteiger partial charge in [-0.25, -0.2) is 0 Å². The van der Waals surface area contributed by atoms with Gasteiger partial charge in [0.15, 0.2) is 0 Å². The number of H-pyrrole nitrogens is 1. The maximum Gasteiger partial charge on any atom is 0.224 e. The van der Waals surface area contributed by atoms with Crippen LogP contribution in [-0.2, 0) is 4.79 Å². The van der Waals surface area contributed by atoms with Gasteiger partial charge in [-0.3, -0.25) is 4.79 Å². The Kier molecular flexibility index (Phi) is 3.96. The van der Waals surface area contributed by atoms with E-state index >= 15 is 0 Å². The van der Waals surface area contributed by atoms with Gasteiger partial charge in [-0.15, -0.1) is 0 Å². The van der Waals surface area contributed by atoms with Gasteiger partial charge < -0.3 is 10.3 Å². The minimum absolute atomic E-state index is 0.0591. The second-order valence-corrected chi connectivity index (χ2v) is 6.00. The van der Waals surface area contributed by atoms with Crippen LogP contribution >= 0.6 is 0 Å². The molecule has 1 heterocycles. The summed E-state index contributed by atoms with van der Waals surface area (Å²) >= 11 is 0. The normalized spacial score (nSPS) is 11.0. The molecule has 1 amide bonds. The molecule has 0 spiro atoms. The quantitative estimate of drug-likeness (QED) is 0.711. The lowest BCUT2D eigenvalue weighted by Crippen LogP contribution is -2.13. The number of nitrogens with one attached hydrogen (secondary N) is 2. The van der Waals surface area contributed by atoms with Crippen molar-refractivity contribution in [2.75, 3.05) is 5.32 Å². The molecule has 0 aliphatic carbocycles. The van der Waals surface area contributed by atoms with Crippen LogP contribution in [0.3, 0.4) is 0 Å². The highest BCUT2D eigenvalue weighted by atomic mass is 16.1. The molecule has 112 valence electrons. The molecule has 3 aromatic rings. The van der Waals surface area contributed by atoms with Gasteiger partial charge in [0.05, 0.1) is 0 Å². The van der Waals surface area contributed by atoms with Crippen molar-refractivity contribution in [3.8, 4) is 11.3 Å². The van der Waals surface area contributed by atoms with Crippen molar-refractivity contribution in [2.24, 2.45) is 5.92 Å². The first-order valence-electron chi connectivity index (χ1n) is 7.60. The number of hydrogen-bond donors (Lipinski definition) is 2. The van der Waals surface area contributed by atoms with E-state index in [1.807, 2.05) is 50.2 Å². The maximum absolute atomic E-state index is 11.9. The van der Waals surface area contributed by atoms with Crippen LogP contribution in [0.2, 0.25) is 0 Å². The minimum Gasteiger partial charge on any atom is -0.355 e. The number of amides is 1. The van der Waals surface area contributed by atoms with E-state index in [2.05, 4.69) is 28.5 Å². The number of anilines is 1. The lowest BCUT2D eigenvalue weighted by atomic mass is 10.1. The van der Waals surface area contributed by atoms with E-state index in [0.717, 1.165) is 22.5 Å². The molecule has 0 atom stereocenters. The molecule has 0 saturated heterocycles. The lowest BCUT2D eigenvalue weighted by Gasteiger charge is -2.08. The number of rotatable bonds is 4. The third-order valence-electron chi connectivity index (χ3n) is 3.58. The summed E-state index contributed by atoms with van der Waals surface area (Å²) in [6, 6.07) is 18.3. The molecule has 0 aliphatic rings. The smallest absolute Gasteiger partial charge is 0.224 e. The Hall–Kier alpha value is -2.55. The van der Waals surface area contributed by atoms with Crippen LogP contribution in [0.5, 0.6) is 0 Å². The Morgan fingerprint density at radius 1 is 1.09 bits per heavy atom. The minimum atomic E-state index is 0.0591. The van der Waals surface area contributed by atoms with E-state index in [4.69, 9.17) is 0 Å². The fourth-order valence-corrected chi connectivity index (χ4v) is 2.58. The van der Waals surface area contributed by atoms with Crippen LogP contribution < -0.4 is 5.32 Å². The standard InChI is InChI=1S/C19H20N2O/c1-13(2)10-19(22)20-16-8-5-7-14(11-16)18-12-15-6-3-4-9-17(15)21-18/h3-9,11-13,21H,10H2,1-2H3,(H,20,22). The molecule has 0 fully saturated rings. The summed E-state index contributed by atoms with van der Waals surface area (Å²) < 4.78 is 0. The molecule has 0 unspecified atom stereocenters. The topological polar surface area (TPSA) is 44.9 Å². The van der Waals surface area contributed by atoms with Crippen molar-refractivity contribution in [1.82, 2.24) is 4.98 Å². The van der Waals surface area contributed by atoms with Crippen LogP contribution in [0.15, 0.2) is 54.6 Å². The Morgan fingerprint density at radius 2 is 1.91 bits per heavy atom. The third kappa shape index (κ3) is 3.19. The van der Waals surface area contributed by atoms with E-state index in [0.29, 0.717) is 12.3 Å². The molecule has 0 bridgehead atoms. The first-order chi connectivity index (χ1) is 10.6. The van der Waals surface area contributed by atoms with Crippen LogP contribution in [-0.4, -0.2) is 10.9 Å². The predicted molar refractivity (Wildman–Crippen MR) is 91.8 cm³/mol. The van der Waals surface area contributed by atoms with Crippen molar-refractivity contribution in [3.63, 3.8) is 0 Å². The molecule has 2 N–H and O–H groups in total. The number of carbonyl (C=O) groups excluding carboxylic acids is 1. The van der Waals surface area contributed by atoms with Crippen molar-refractivity contribution in [3.05, 3.63) is 54.6 Å². The zero-order chi connectivity index (χ0) is 15.5. The first kappa shape index (κ1) is 14.4. The molecule has 1 aromatic heterocycles. The number of benzene rings is 2. The molecule has 2 aromatic carbocycles. The van der Waals surface area contributed by atoms with Gasteiger partial charge in [0.2, 0.25) is 5.91 Å². The maximum atomic E-state index is 11.9. The number of para-hydroxylation sites is 1. The van der Waals surface area contributed by atoms with Gasteiger partial charge in [-0.2, -0.15) is 0 Å². The summed E-state index contributed by atoms with van der Waals surface area (Å²) in [6.07, 6.45) is 0.538. The van der Waals surface area contributed by atoms with Crippen molar-refractivity contribution < 1.29 is 4.79 Å². The molecular formula is C19H20N2O. The highest BCUT2D eigenvalue weighted by Gasteiger charge is 2.07. The average Bonchev–Trinajstić information content (AvgIpc) is 2.90. The molecule has 22 heavy (non-hydrogen) atoms. The summed E-state index contributed by atoms with van der Waals surface area (Å²) in [4.78, 5) is 15.3. The highest BCUT2D eigenvalue weighted by molar-refractivity contribution is 5.92. The highest BCUT2D eigenvalue weighted by Crippen LogP contribution is 2.26. The van der Waals surface area contributed by atoms with E-state index in [-0.39, 0.29) is 5.91 Å². The average molecular weight is 292 g/mol. The third-order valence-corrected chi connectivity index (χ3v) is 3.58. The lowest BCUT2D eigenvalue weighted by molar-refractivity contribution is -0.116. The molecule has 0 aliphatic heterocycles. The molecule has 3 rings (SSSR count). The number of fused-ring (bicyclic) bond motifs is 1. The fourth-order valence-electron chi connectivity index (χ4n) is 2.58. The molecular weight excluding hydrogens is 272 g/mol. The van der Waals surface area contributed by atoms with Crippen LogP contribution in [0.25, 0.3) is 22.2 Å². The van der Waals surface area contributed by atoms with Gasteiger partial charge in [0, 0.05) is 34.3 Å². The van der Waals surface area contributed by atoms with E-state index in [1.54, 1.807) is 0 Å². The molecule has 0 saturated carbocycles. The number of carbonyl (C=O) groups is 1. The molecule has 0 radical (unpaired) electrons. The largest absolute Gasteiger partial charge is 0.355 e. The van der Waals surface area contributed by atoms with Crippen LogP contribution in [0.1, 0.15) is 20.3 Å². The van der Waals surface area contributed by atoms with Crippen molar-refractivity contribution in [2.45, 2.75) is 20.3 Å². The Labute approximate surface area is 130 Å². The molecule has 3 heteroatoms. The van der Waals surface area contributed by atoms with E-state index in [1.165, 1.54) is 5.39 Å². The van der Waals surface area contributed by atoms with E-state index < -0.39 is 0 Å². The van der Waals surface area contributed by atoms with E-state index in [9.17, 15) is 4.79 Å². The summed E-state index contributed by atoms with van der Waals surface area (Å²) in [5.41, 5.74) is 4.08. The number of aromatic nitrogens is 1. The van der Waals surface area contributed by atoms with Crippen molar-refractivity contribution in [1.29, 1.82) is 0 Å². The van der Waals surface area contributed by atoms with Gasteiger partial charge in [0.25, 0.3) is 0 Å². The number of hydrogen-bond acceptors (Lipinski definition) is 1. The zero-order valence-corrected chi connectivity index (χ0v) is 12.9. The second-order valence-electron chi connectivity index (χ2n) is 6.00. The predicted octanol–water partition coefficient (Wildman–Crippen LogP) is 4.82. The fraction of sp³-hybridized carbons (Fsp3) is 0.211. The molecule has 3 nitrogen and oxygen atoms in total. The van der Waals surface area contributed by atoms with Crippen LogP contribution in [0.4, 0.5) is 5.69 Å². The Bertz CT molecular complexity index is 769. The van der Waals surface area contributed by atoms with Gasteiger partial charge >= 0.3 is 0 Å². The van der Waals surface area contributed by atoms with Gasteiger partial charge in [0.1, 0.15) is 0 Å². The summed E-state index contributed by atoms with van der Waals surface area (Å²) in [5.74, 6) is 0.417. The summed E-state index contributed by atoms with van der Waals surface area (Å²) in [6.45, 7) is 4.08. The SMILES string of the molecule is CC(C)CC(=O)Nc1cccc(-c2cc3ccccc3[nH]2)c1. The monoisotopic (exact) mass is 292 g/mol. The Morgan fingerprint density at radius 3 is 2.68 bits per heavy atom. The number of aromatic amines is 1. The second kappa shape index (κ2) is 6.06.